The topological polar surface area (TPSA) is 29.3 Å². The summed E-state index contributed by atoms with van der Waals surface area (Å²) in [5.74, 6) is 0.550. The molecule has 0 aliphatic heterocycles. The van der Waals surface area contributed by atoms with Gasteiger partial charge in [-0.05, 0) is 13.0 Å². The molecule has 1 N–H and O–H groups in total. The van der Waals surface area contributed by atoms with Gasteiger partial charge >= 0.3 is 0 Å². The molecular weight excluding hydrogens is 194 g/mol. The Balaban J connectivity index is 2.55. The molecule has 0 saturated heterocycles. The summed E-state index contributed by atoms with van der Waals surface area (Å²) in [6.07, 6.45) is 1.95. The fourth-order valence-corrected chi connectivity index (χ4v) is 2.64. The molecule has 2 aromatic heterocycles. The van der Waals surface area contributed by atoms with Gasteiger partial charge in [-0.2, -0.15) is 0 Å². The maximum absolute atomic E-state index is 4.38. The molecule has 2 heterocycles. The average molecular weight is 209 g/mol. The van der Waals surface area contributed by atoms with E-state index in [1.165, 1.54) is 11.4 Å². The standard InChI is InChI=1S/C10H15N3S/c1-7(2)9-6-14-10-12-5-8(4-11-3)13(9)10/h5-7,11H,4H2,1-3H3. The number of imidazole rings is 1. The van der Waals surface area contributed by atoms with Crippen molar-refractivity contribution in [1.29, 1.82) is 0 Å². The van der Waals surface area contributed by atoms with Gasteiger partial charge in [0.2, 0.25) is 0 Å². The third-order valence-electron chi connectivity index (χ3n) is 2.30. The van der Waals surface area contributed by atoms with Crippen LogP contribution in [0.4, 0.5) is 0 Å². The number of hydrogen-bond acceptors (Lipinski definition) is 3. The highest BCUT2D eigenvalue weighted by atomic mass is 32.1. The normalized spacial score (nSPS) is 11.7. The van der Waals surface area contributed by atoms with E-state index in [0.29, 0.717) is 5.92 Å². The zero-order chi connectivity index (χ0) is 10.1. The van der Waals surface area contributed by atoms with E-state index >= 15 is 0 Å². The van der Waals surface area contributed by atoms with Crippen LogP contribution in [0.3, 0.4) is 0 Å². The van der Waals surface area contributed by atoms with Crippen LogP contribution in [0.25, 0.3) is 4.96 Å². The first-order valence-corrected chi connectivity index (χ1v) is 5.70. The fourth-order valence-electron chi connectivity index (χ4n) is 1.59. The summed E-state index contributed by atoms with van der Waals surface area (Å²) in [5, 5.41) is 5.36. The summed E-state index contributed by atoms with van der Waals surface area (Å²) in [6, 6.07) is 0. The minimum absolute atomic E-state index is 0.550. The predicted octanol–water partition coefficient (Wildman–Crippen LogP) is 2.24. The number of rotatable bonds is 3. The lowest BCUT2D eigenvalue weighted by Gasteiger charge is -2.05. The highest BCUT2D eigenvalue weighted by molar-refractivity contribution is 7.15. The van der Waals surface area contributed by atoms with Gasteiger partial charge in [-0.3, -0.25) is 4.40 Å². The van der Waals surface area contributed by atoms with Crippen LogP contribution in [0.2, 0.25) is 0 Å². The molecule has 76 valence electrons. The molecule has 0 aromatic carbocycles. The summed E-state index contributed by atoms with van der Waals surface area (Å²) >= 11 is 1.71. The van der Waals surface area contributed by atoms with Gasteiger partial charge in [-0.1, -0.05) is 13.8 Å². The number of nitrogens with one attached hydrogen (secondary N) is 1. The molecule has 0 radical (unpaired) electrons. The summed E-state index contributed by atoms with van der Waals surface area (Å²) < 4.78 is 2.26. The zero-order valence-electron chi connectivity index (χ0n) is 8.74. The maximum atomic E-state index is 4.38. The molecule has 0 bridgehead atoms. The van der Waals surface area contributed by atoms with E-state index in [0.717, 1.165) is 11.5 Å². The highest BCUT2D eigenvalue weighted by Crippen LogP contribution is 2.23. The van der Waals surface area contributed by atoms with Crippen LogP contribution in [0, 0.1) is 0 Å². The van der Waals surface area contributed by atoms with E-state index in [2.05, 4.69) is 33.9 Å². The van der Waals surface area contributed by atoms with Gasteiger partial charge in [-0.15, -0.1) is 11.3 Å². The number of thiazole rings is 1. The Morgan fingerprint density at radius 1 is 1.57 bits per heavy atom. The second-order valence-corrected chi connectivity index (χ2v) is 4.55. The molecule has 14 heavy (non-hydrogen) atoms. The monoisotopic (exact) mass is 209 g/mol. The Kier molecular flexibility index (Phi) is 2.56. The van der Waals surface area contributed by atoms with Crippen LogP contribution in [0.5, 0.6) is 0 Å². The average Bonchev–Trinajstić information content (AvgIpc) is 2.67. The number of nitrogens with zero attached hydrogens (tertiary/aromatic N) is 2. The molecule has 0 amide bonds. The second kappa shape index (κ2) is 3.71. The highest BCUT2D eigenvalue weighted by Gasteiger charge is 2.11. The van der Waals surface area contributed by atoms with Crippen molar-refractivity contribution >= 4 is 16.3 Å². The molecule has 3 nitrogen and oxygen atoms in total. The Hall–Kier alpha value is -0.870. The summed E-state index contributed by atoms with van der Waals surface area (Å²) in [4.78, 5) is 5.48. The lowest BCUT2D eigenvalue weighted by molar-refractivity contribution is 0.745. The van der Waals surface area contributed by atoms with Crippen LogP contribution < -0.4 is 5.32 Å². The Morgan fingerprint density at radius 3 is 3.00 bits per heavy atom. The third-order valence-corrected chi connectivity index (χ3v) is 3.15. The van der Waals surface area contributed by atoms with E-state index in [9.17, 15) is 0 Å². The predicted molar refractivity (Wildman–Crippen MR) is 59.9 cm³/mol. The van der Waals surface area contributed by atoms with Crippen LogP contribution in [0.1, 0.15) is 31.2 Å². The molecule has 4 heteroatoms. The molecule has 2 aromatic rings. The number of fused-ring (bicyclic) bond motifs is 1. The summed E-state index contributed by atoms with van der Waals surface area (Å²) in [7, 11) is 1.96. The van der Waals surface area contributed by atoms with Gasteiger partial charge < -0.3 is 5.32 Å². The van der Waals surface area contributed by atoms with Gasteiger partial charge in [0.1, 0.15) is 0 Å². The van der Waals surface area contributed by atoms with Crippen molar-refractivity contribution in [3.05, 3.63) is 23.0 Å². The molecule has 0 spiro atoms. The summed E-state index contributed by atoms with van der Waals surface area (Å²) in [6.45, 7) is 5.30. The largest absolute Gasteiger partial charge is 0.314 e. The number of hydrogen-bond donors (Lipinski definition) is 1. The fraction of sp³-hybridized carbons (Fsp3) is 0.500. The summed E-state index contributed by atoms with van der Waals surface area (Å²) in [5.41, 5.74) is 2.60. The smallest absolute Gasteiger partial charge is 0.194 e. The minimum atomic E-state index is 0.550. The van der Waals surface area contributed by atoms with Crippen LogP contribution in [-0.2, 0) is 6.54 Å². The van der Waals surface area contributed by atoms with Crippen LogP contribution >= 0.6 is 11.3 Å². The van der Waals surface area contributed by atoms with Crippen molar-refractivity contribution < 1.29 is 0 Å². The molecule has 0 unspecified atom stereocenters. The van der Waals surface area contributed by atoms with Crippen LogP contribution in [0.15, 0.2) is 11.6 Å². The van der Waals surface area contributed by atoms with Gasteiger partial charge in [0.05, 0.1) is 11.9 Å². The number of aromatic nitrogens is 2. The first-order valence-electron chi connectivity index (χ1n) is 4.82. The lowest BCUT2D eigenvalue weighted by Crippen LogP contribution is -2.08. The molecular formula is C10H15N3S. The van der Waals surface area contributed by atoms with Gasteiger partial charge in [0, 0.05) is 17.6 Å². The lowest BCUT2D eigenvalue weighted by atomic mass is 10.1. The van der Waals surface area contributed by atoms with Crippen molar-refractivity contribution in [3.63, 3.8) is 0 Å². The maximum Gasteiger partial charge on any atom is 0.194 e. The molecule has 2 rings (SSSR count). The van der Waals surface area contributed by atoms with Crippen LogP contribution in [-0.4, -0.2) is 16.4 Å². The SMILES string of the molecule is CNCc1cnc2scc(C(C)C)n12. The minimum Gasteiger partial charge on any atom is -0.314 e. The van der Waals surface area contributed by atoms with Gasteiger partial charge in [0.25, 0.3) is 0 Å². The molecule has 0 aliphatic rings. The van der Waals surface area contributed by atoms with E-state index in [1.54, 1.807) is 11.3 Å². The molecule has 0 saturated carbocycles. The third kappa shape index (κ3) is 1.44. The van der Waals surface area contributed by atoms with Gasteiger partial charge in [-0.25, -0.2) is 4.98 Å². The van der Waals surface area contributed by atoms with Crippen molar-refractivity contribution in [1.82, 2.24) is 14.7 Å². The van der Waals surface area contributed by atoms with E-state index in [-0.39, 0.29) is 0 Å². The van der Waals surface area contributed by atoms with Crippen molar-refractivity contribution in [2.75, 3.05) is 7.05 Å². The second-order valence-electron chi connectivity index (χ2n) is 3.71. The van der Waals surface area contributed by atoms with Crippen molar-refractivity contribution in [2.24, 2.45) is 0 Å². The molecule has 0 atom stereocenters. The zero-order valence-corrected chi connectivity index (χ0v) is 9.56. The van der Waals surface area contributed by atoms with E-state index in [4.69, 9.17) is 0 Å². The van der Waals surface area contributed by atoms with Gasteiger partial charge in [0.15, 0.2) is 4.96 Å². The first-order chi connectivity index (χ1) is 6.74. The Bertz CT molecular complexity index is 427. The van der Waals surface area contributed by atoms with Crippen molar-refractivity contribution in [3.8, 4) is 0 Å². The first kappa shape index (κ1) is 9.68. The quantitative estimate of drug-likeness (QED) is 0.840. The van der Waals surface area contributed by atoms with E-state index < -0.39 is 0 Å². The Labute approximate surface area is 87.8 Å². The molecule has 0 fully saturated rings. The van der Waals surface area contributed by atoms with E-state index in [1.807, 2.05) is 13.2 Å². The Morgan fingerprint density at radius 2 is 2.36 bits per heavy atom. The molecule has 0 aliphatic carbocycles. The van der Waals surface area contributed by atoms with Crippen molar-refractivity contribution in [2.45, 2.75) is 26.3 Å².